The van der Waals surface area contributed by atoms with E-state index in [0.717, 1.165) is 12.3 Å². The van der Waals surface area contributed by atoms with Gasteiger partial charge in [-0.05, 0) is 6.07 Å². The highest BCUT2D eigenvalue weighted by Crippen LogP contribution is 2.33. The van der Waals surface area contributed by atoms with E-state index in [1.165, 1.54) is 0 Å². The number of hydrogen-bond acceptors (Lipinski definition) is 4. The van der Waals surface area contributed by atoms with Gasteiger partial charge in [-0.2, -0.15) is 18.3 Å². The van der Waals surface area contributed by atoms with Crippen molar-refractivity contribution in [3.63, 3.8) is 0 Å². The monoisotopic (exact) mass is 270 g/mol. The molecule has 0 aromatic carbocycles. The largest absolute Gasteiger partial charge is 0.445 e. The zero-order valence-corrected chi connectivity index (χ0v) is 8.64. The standard InChI is InChI=1S/C7H3F5N4S/c8-4(9)3-1-2-13-16(3)6-15-14-5(17-6)7(10,11)12/h1-2,4H. The molecule has 0 unspecified atom stereocenters. The Morgan fingerprint density at radius 3 is 2.47 bits per heavy atom. The van der Waals surface area contributed by atoms with E-state index < -0.39 is 23.3 Å². The molecule has 2 aromatic rings. The van der Waals surface area contributed by atoms with Gasteiger partial charge in [0.15, 0.2) is 0 Å². The first kappa shape index (κ1) is 11.9. The molecule has 0 radical (unpaired) electrons. The predicted octanol–water partition coefficient (Wildman–Crippen LogP) is 2.68. The molecule has 0 spiro atoms. The summed E-state index contributed by atoms with van der Waals surface area (Å²) in [7, 11) is 0. The molecule has 17 heavy (non-hydrogen) atoms. The third-order valence-electron chi connectivity index (χ3n) is 1.73. The smallest absolute Gasteiger partial charge is 0.203 e. The number of halogens is 5. The van der Waals surface area contributed by atoms with E-state index in [1.54, 1.807) is 0 Å². The number of aromatic nitrogens is 4. The highest BCUT2D eigenvalue weighted by molar-refractivity contribution is 7.13. The Bertz CT molecular complexity index is 516. The minimum Gasteiger partial charge on any atom is -0.203 e. The zero-order valence-electron chi connectivity index (χ0n) is 7.82. The van der Waals surface area contributed by atoms with E-state index in [1.807, 2.05) is 0 Å². The SMILES string of the molecule is FC(F)c1ccnn1-c1nnc(C(F)(F)F)s1. The molecule has 0 aliphatic heterocycles. The molecule has 0 saturated heterocycles. The second-order valence-corrected chi connectivity index (χ2v) is 3.81. The van der Waals surface area contributed by atoms with Gasteiger partial charge in [0.2, 0.25) is 10.1 Å². The van der Waals surface area contributed by atoms with E-state index in [0.29, 0.717) is 4.68 Å². The zero-order chi connectivity index (χ0) is 12.6. The van der Waals surface area contributed by atoms with Crippen LogP contribution in [0.4, 0.5) is 22.0 Å². The van der Waals surface area contributed by atoms with Gasteiger partial charge in [-0.3, -0.25) is 0 Å². The van der Waals surface area contributed by atoms with Gasteiger partial charge in [-0.1, -0.05) is 11.3 Å². The number of alkyl halides is 5. The molecule has 4 nitrogen and oxygen atoms in total. The summed E-state index contributed by atoms with van der Waals surface area (Å²) in [4.78, 5) is 0. The van der Waals surface area contributed by atoms with Crippen LogP contribution >= 0.6 is 11.3 Å². The van der Waals surface area contributed by atoms with E-state index >= 15 is 0 Å². The van der Waals surface area contributed by atoms with Crippen LogP contribution in [0.2, 0.25) is 0 Å². The fraction of sp³-hybridized carbons (Fsp3) is 0.286. The first-order valence-electron chi connectivity index (χ1n) is 4.12. The van der Waals surface area contributed by atoms with Crippen molar-refractivity contribution < 1.29 is 22.0 Å². The van der Waals surface area contributed by atoms with Crippen molar-refractivity contribution in [1.29, 1.82) is 0 Å². The van der Waals surface area contributed by atoms with Crippen molar-refractivity contribution in [3.8, 4) is 5.13 Å². The van der Waals surface area contributed by atoms with Crippen LogP contribution in [0.15, 0.2) is 12.3 Å². The van der Waals surface area contributed by atoms with Crippen LogP contribution in [0.1, 0.15) is 17.1 Å². The van der Waals surface area contributed by atoms with E-state index in [9.17, 15) is 22.0 Å². The lowest BCUT2D eigenvalue weighted by atomic mass is 10.4. The summed E-state index contributed by atoms with van der Waals surface area (Å²) in [6, 6.07) is 0.999. The highest BCUT2D eigenvalue weighted by Gasteiger charge is 2.36. The van der Waals surface area contributed by atoms with Crippen LogP contribution in [-0.2, 0) is 6.18 Å². The lowest BCUT2D eigenvalue weighted by Gasteiger charge is -2.01. The Hall–Kier alpha value is -1.58. The summed E-state index contributed by atoms with van der Waals surface area (Å²) < 4.78 is 62.3. The van der Waals surface area contributed by atoms with Gasteiger partial charge < -0.3 is 0 Å². The predicted molar refractivity (Wildman–Crippen MR) is 47.0 cm³/mol. The quantitative estimate of drug-likeness (QED) is 0.788. The Kier molecular flexibility index (Phi) is 2.81. The van der Waals surface area contributed by atoms with Crippen LogP contribution in [0.5, 0.6) is 0 Å². The van der Waals surface area contributed by atoms with Crippen molar-refractivity contribution in [2.75, 3.05) is 0 Å². The summed E-state index contributed by atoms with van der Waals surface area (Å²) in [5.74, 6) is 0. The second-order valence-electron chi connectivity index (χ2n) is 2.86. The van der Waals surface area contributed by atoms with Crippen molar-refractivity contribution >= 4 is 11.3 Å². The molecule has 0 saturated carbocycles. The minimum absolute atomic E-state index is 0.149. The second kappa shape index (κ2) is 4.02. The molecule has 0 amide bonds. The van der Waals surface area contributed by atoms with Gasteiger partial charge in [0.05, 0.1) is 0 Å². The Balaban J connectivity index is 2.41. The van der Waals surface area contributed by atoms with E-state index in [-0.39, 0.29) is 16.5 Å². The first-order chi connectivity index (χ1) is 7.89. The van der Waals surface area contributed by atoms with Gasteiger partial charge in [0, 0.05) is 6.20 Å². The van der Waals surface area contributed by atoms with Crippen LogP contribution in [0.3, 0.4) is 0 Å². The van der Waals surface area contributed by atoms with Gasteiger partial charge >= 0.3 is 6.18 Å². The fourth-order valence-corrected chi connectivity index (χ4v) is 1.75. The number of nitrogens with zero attached hydrogens (tertiary/aromatic N) is 4. The summed E-state index contributed by atoms with van der Waals surface area (Å²) >= 11 is 0.149. The maximum Gasteiger partial charge on any atom is 0.445 e. The molecule has 0 bridgehead atoms. The van der Waals surface area contributed by atoms with Crippen molar-refractivity contribution in [2.24, 2.45) is 0 Å². The molecule has 0 aliphatic carbocycles. The molecule has 0 atom stereocenters. The third kappa shape index (κ3) is 2.25. The molecule has 92 valence electrons. The van der Waals surface area contributed by atoms with Crippen LogP contribution in [0, 0.1) is 0 Å². The topological polar surface area (TPSA) is 43.6 Å². The van der Waals surface area contributed by atoms with Gasteiger partial charge in [-0.15, -0.1) is 10.2 Å². The molecular weight excluding hydrogens is 267 g/mol. The Labute approximate surface area is 94.7 Å². The summed E-state index contributed by atoms with van der Waals surface area (Å²) in [5, 5.41) is 7.99. The van der Waals surface area contributed by atoms with E-state index in [4.69, 9.17) is 0 Å². The van der Waals surface area contributed by atoms with Crippen LogP contribution in [0.25, 0.3) is 5.13 Å². The molecule has 2 heterocycles. The summed E-state index contributed by atoms with van der Waals surface area (Å²) in [5.41, 5.74) is -0.533. The summed E-state index contributed by atoms with van der Waals surface area (Å²) in [6.07, 6.45) is -6.44. The Morgan fingerprint density at radius 2 is 1.94 bits per heavy atom. The van der Waals surface area contributed by atoms with E-state index in [2.05, 4.69) is 15.3 Å². The number of rotatable bonds is 2. The van der Waals surface area contributed by atoms with Gasteiger partial charge in [0.1, 0.15) is 5.69 Å². The van der Waals surface area contributed by atoms with Crippen LogP contribution in [-0.4, -0.2) is 20.0 Å². The van der Waals surface area contributed by atoms with Crippen molar-refractivity contribution in [2.45, 2.75) is 12.6 Å². The Morgan fingerprint density at radius 1 is 1.24 bits per heavy atom. The molecule has 0 fully saturated rings. The van der Waals surface area contributed by atoms with Crippen molar-refractivity contribution in [3.05, 3.63) is 23.0 Å². The number of hydrogen-bond donors (Lipinski definition) is 0. The highest BCUT2D eigenvalue weighted by atomic mass is 32.1. The molecule has 2 rings (SSSR count). The maximum absolute atomic E-state index is 12.5. The minimum atomic E-state index is -4.64. The lowest BCUT2D eigenvalue weighted by molar-refractivity contribution is -0.138. The maximum atomic E-state index is 12.5. The molecule has 2 aromatic heterocycles. The van der Waals surface area contributed by atoms with Gasteiger partial charge in [-0.25, -0.2) is 13.5 Å². The van der Waals surface area contributed by atoms with Crippen LogP contribution < -0.4 is 0 Å². The average molecular weight is 270 g/mol. The first-order valence-corrected chi connectivity index (χ1v) is 4.94. The van der Waals surface area contributed by atoms with Crippen molar-refractivity contribution in [1.82, 2.24) is 20.0 Å². The summed E-state index contributed by atoms with van der Waals surface area (Å²) in [6.45, 7) is 0. The third-order valence-corrected chi connectivity index (χ3v) is 2.68. The molecule has 0 N–H and O–H groups in total. The lowest BCUT2D eigenvalue weighted by Crippen LogP contribution is -2.03. The normalized spacial score (nSPS) is 12.4. The average Bonchev–Trinajstić information content (AvgIpc) is 2.85. The van der Waals surface area contributed by atoms with Gasteiger partial charge in [0.25, 0.3) is 6.43 Å². The molecular formula is C7H3F5N4S. The fourth-order valence-electron chi connectivity index (χ4n) is 1.05. The molecule has 10 heteroatoms. The molecule has 0 aliphatic rings.